The molecule has 0 bridgehead atoms. The van der Waals surface area contributed by atoms with Gasteiger partial charge in [-0.2, -0.15) is 0 Å². The van der Waals surface area contributed by atoms with Crippen LogP contribution in [-0.4, -0.2) is 29.1 Å². The Morgan fingerprint density at radius 2 is 2.00 bits per heavy atom. The molecule has 0 heterocycles. The second kappa shape index (κ2) is 7.24. The van der Waals surface area contributed by atoms with Crippen LogP contribution in [0, 0.1) is 5.92 Å². The molecule has 0 spiro atoms. The van der Waals surface area contributed by atoms with Crippen molar-refractivity contribution in [2.24, 2.45) is 5.92 Å². The van der Waals surface area contributed by atoms with E-state index in [9.17, 15) is 8.42 Å². The van der Waals surface area contributed by atoms with E-state index in [0.717, 1.165) is 18.4 Å². The molecule has 0 amide bonds. The van der Waals surface area contributed by atoms with E-state index in [1.807, 2.05) is 13.1 Å². The molecule has 6 heteroatoms. The number of hydrogen-bond acceptors (Lipinski definition) is 4. The maximum absolute atomic E-state index is 12.4. The van der Waals surface area contributed by atoms with Crippen LogP contribution < -0.4 is 14.8 Å². The summed E-state index contributed by atoms with van der Waals surface area (Å²) in [5.41, 5.74) is 0.990. The maximum atomic E-state index is 12.4. The molecule has 1 aliphatic rings. The Hall–Kier alpha value is -1.11. The maximum Gasteiger partial charge on any atom is 0.244 e. The highest BCUT2D eigenvalue weighted by atomic mass is 32.2. The molecular formula is C15H24N2O3S. The van der Waals surface area contributed by atoms with Crippen molar-refractivity contribution in [3.8, 4) is 5.75 Å². The molecule has 0 aromatic heterocycles. The van der Waals surface area contributed by atoms with Gasteiger partial charge in [-0.1, -0.05) is 18.9 Å². The summed E-state index contributed by atoms with van der Waals surface area (Å²) in [6.45, 7) is 1.19. The summed E-state index contributed by atoms with van der Waals surface area (Å²) in [7, 11) is -0.176. The van der Waals surface area contributed by atoms with Crippen LogP contribution in [0.4, 0.5) is 0 Å². The lowest BCUT2D eigenvalue weighted by Gasteiger charge is -2.14. The number of benzene rings is 1. The fourth-order valence-electron chi connectivity index (χ4n) is 2.77. The SMILES string of the molecule is CNCc1ccc(S(=O)(=O)NCC2CCCC2)c(OC)c1. The Bertz CT molecular complexity index is 566. The van der Waals surface area contributed by atoms with Crippen LogP contribution in [0.5, 0.6) is 5.75 Å². The highest BCUT2D eigenvalue weighted by Gasteiger charge is 2.22. The van der Waals surface area contributed by atoms with Crippen molar-refractivity contribution < 1.29 is 13.2 Å². The van der Waals surface area contributed by atoms with Crippen molar-refractivity contribution in [2.75, 3.05) is 20.7 Å². The highest BCUT2D eigenvalue weighted by molar-refractivity contribution is 7.89. The van der Waals surface area contributed by atoms with Gasteiger partial charge in [0.15, 0.2) is 0 Å². The Balaban J connectivity index is 2.14. The molecule has 21 heavy (non-hydrogen) atoms. The number of methoxy groups -OCH3 is 1. The first kappa shape index (κ1) is 16.3. The lowest BCUT2D eigenvalue weighted by Crippen LogP contribution is -2.28. The largest absolute Gasteiger partial charge is 0.495 e. The zero-order chi connectivity index (χ0) is 15.3. The monoisotopic (exact) mass is 312 g/mol. The van der Waals surface area contributed by atoms with Gasteiger partial charge < -0.3 is 10.1 Å². The van der Waals surface area contributed by atoms with Crippen LogP contribution in [0.2, 0.25) is 0 Å². The molecule has 1 aromatic carbocycles. The lowest BCUT2D eigenvalue weighted by atomic mass is 10.1. The Morgan fingerprint density at radius 3 is 2.62 bits per heavy atom. The fourth-order valence-corrected chi connectivity index (χ4v) is 4.03. The van der Waals surface area contributed by atoms with Crippen LogP contribution in [-0.2, 0) is 16.6 Å². The van der Waals surface area contributed by atoms with Gasteiger partial charge in [0.05, 0.1) is 7.11 Å². The molecule has 2 N–H and O–H groups in total. The Labute approximate surface area is 127 Å². The molecule has 5 nitrogen and oxygen atoms in total. The fraction of sp³-hybridized carbons (Fsp3) is 0.600. The predicted octanol–water partition coefficient (Wildman–Crippen LogP) is 1.88. The molecule has 1 saturated carbocycles. The van der Waals surface area contributed by atoms with E-state index in [1.165, 1.54) is 20.0 Å². The van der Waals surface area contributed by atoms with E-state index in [2.05, 4.69) is 10.0 Å². The van der Waals surface area contributed by atoms with E-state index in [-0.39, 0.29) is 4.90 Å². The van der Waals surface area contributed by atoms with E-state index in [4.69, 9.17) is 4.74 Å². The van der Waals surface area contributed by atoms with Crippen molar-refractivity contribution in [3.63, 3.8) is 0 Å². The molecule has 0 atom stereocenters. The third-order valence-corrected chi connectivity index (χ3v) is 5.40. The van der Waals surface area contributed by atoms with Crippen molar-refractivity contribution in [1.82, 2.24) is 10.0 Å². The van der Waals surface area contributed by atoms with Gasteiger partial charge in [-0.3, -0.25) is 0 Å². The smallest absolute Gasteiger partial charge is 0.244 e. The van der Waals surface area contributed by atoms with Crippen LogP contribution >= 0.6 is 0 Å². The van der Waals surface area contributed by atoms with Crippen molar-refractivity contribution in [3.05, 3.63) is 23.8 Å². The summed E-state index contributed by atoms with van der Waals surface area (Å²) in [5, 5.41) is 3.04. The van der Waals surface area contributed by atoms with Gasteiger partial charge in [-0.15, -0.1) is 0 Å². The number of nitrogens with one attached hydrogen (secondary N) is 2. The number of ether oxygens (including phenoxy) is 1. The molecule has 118 valence electrons. The van der Waals surface area contributed by atoms with Crippen molar-refractivity contribution in [2.45, 2.75) is 37.1 Å². The molecule has 1 fully saturated rings. The Morgan fingerprint density at radius 1 is 1.29 bits per heavy atom. The first-order valence-corrected chi connectivity index (χ1v) is 8.86. The molecule has 0 radical (unpaired) electrons. The van der Waals surface area contributed by atoms with Gasteiger partial charge in [0.1, 0.15) is 10.6 Å². The Kier molecular flexibility index (Phi) is 5.61. The van der Waals surface area contributed by atoms with Crippen LogP contribution in [0.25, 0.3) is 0 Å². The second-order valence-electron chi connectivity index (χ2n) is 5.52. The van der Waals surface area contributed by atoms with Gasteiger partial charge >= 0.3 is 0 Å². The standard InChI is InChI=1S/C15H24N2O3S/c1-16-10-13-7-8-15(14(9-13)20-2)21(18,19)17-11-12-5-3-4-6-12/h7-9,12,16-17H,3-6,10-11H2,1-2H3. The zero-order valence-electron chi connectivity index (χ0n) is 12.7. The van der Waals surface area contributed by atoms with E-state index in [0.29, 0.717) is 24.8 Å². The molecular weight excluding hydrogens is 288 g/mol. The first-order valence-electron chi connectivity index (χ1n) is 7.38. The summed E-state index contributed by atoms with van der Waals surface area (Å²) in [4.78, 5) is 0.211. The van der Waals surface area contributed by atoms with E-state index >= 15 is 0 Å². The molecule has 2 rings (SSSR count). The summed E-state index contributed by atoms with van der Waals surface area (Å²) in [5.74, 6) is 0.857. The van der Waals surface area contributed by atoms with Gasteiger partial charge in [0, 0.05) is 13.1 Å². The molecule has 1 aliphatic carbocycles. The van der Waals surface area contributed by atoms with Crippen LogP contribution in [0.1, 0.15) is 31.2 Å². The van der Waals surface area contributed by atoms with E-state index < -0.39 is 10.0 Å². The van der Waals surface area contributed by atoms with Crippen LogP contribution in [0.3, 0.4) is 0 Å². The lowest BCUT2D eigenvalue weighted by molar-refractivity contribution is 0.401. The molecule has 1 aromatic rings. The van der Waals surface area contributed by atoms with Gasteiger partial charge in [0.2, 0.25) is 10.0 Å². The van der Waals surface area contributed by atoms with Crippen molar-refractivity contribution in [1.29, 1.82) is 0 Å². The summed E-state index contributed by atoms with van der Waals surface area (Å²) in [6, 6.07) is 5.19. The van der Waals surface area contributed by atoms with Crippen LogP contribution in [0.15, 0.2) is 23.1 Å². The average Bonchev–Trinajstić information content (AvgIpc) is 2.98. The zero-order valence-corrected chi connectivity index (χ0v) is 13.5. The third kappa shape index (κ3) is 4.18. The summed E-state index contributed by atoms with van der Waals surface area (Å²) < 4.78 is 32.8. The minimum absolute atomic E-state index is 0.211. The quantitative estimate of drug-likeness (QED) is 0.807. The van der Waals surface area contributed by atoms with Gasteiger partial charge in [-0.05, 0) is 43.5 Å². The topological polar surface area (TPSA) is 67.4 Å². The van der Waals surface area contributed by atoms with Gasteiger partial charge in [-0.25, -0.2) is 13.1 Å². The van der Waals surface area contributed by atoms with E-state index in [1.54, 1.807) is 12.1 Å². The van der Waals surface area contributed by atoms with Crippen molar-refractivity contribution >= 4 is 10.0 Å². The number of hydrogen-bond donors (Lipinski definition) is 2. The van der Waals surface area contributed by atoms with Gasteiger partial charge in [0.25, 0.3) is 0 Å². The normalized spacial score (nSPS) is 16.3. The highest BCUT2D eigenvalue weighted by Crippen LogP contribution is 2.27. The number of sulfonamides is 1. The first-order chi connectivity index (χ1) is 10.1. The number of rotatable bonds is 7. The summed E-state index contributed by atoms with van der Waals surface area (Å²) >= 11 is 0. The molecule has 0 saturated heterocycles. The second-order valence-corrected chi connectivity index (χ2v) is 7.25. The minimum atomic E-state index is -3.52. The predicted molar refractivity (Wildman–Crippen MR) is 82.9 cm³/mol. The molecule has 0 unspecified atom stereocenters. The third-order valence-electron chi connectivity index (χ3n) is 3.94. The molecule has 0 aliphatic heterocycles. The average molecular weight is 312 g/mol. The summed E-state index contributed by atoms with van der Waals surface area (Å²) in [6.07, 6.45) is 4.63. The minimum Gasteiger partial charge on any atom is -0.495 e.